The zero-order chi connectivity index (χ0) is 14.8. The number of nitrogens with zero attached hydrogens (tertiary/aromatic N) is 1. The predicted molar refractivity (Wildman–Crippen MR) is 86.0 cm³/mol. The van der Waals surface area contributed by atoms with Gasteiger partial charge in [-0.15, -0.1) is 0 Å². The van der Waals surface area contributed by atoms with Gasteiger partial charge in [0.1, 0.15) is 17.4 Å². The van der Waals surface area contributed by atoms with Gasteiger partial charge in [0.05, 0.1) is 10.7 Å². The molecule has 1 unspecified atom stereocenters. The average molecular weight is 321 g/mol. The summed E-state index contributed by atoms with van der Waals surface area (Å²) in [6.07, 6.45) is 1.64. The summed E-state index contributed by atoms with van der Waals surface area (Å²) in [6, 6.07) is 11.2. The molecule has 2 heterocycles. The molecule has 0 aliphatic heterocycles. The van der Waals surface area contributed by atoms with Crippen molar-refractivity contribution in [2.45, 2.75) is 13.0 Å². The number of nitrogens with one attached hydrogen (secondary N) is 1. The Morgan fingerprint density at radius 1 is 1.14 bits per heavy atom. The van der Waals surface area contributed by atoms with Gasteiger partial charge in [-0.2, -0.15) is 0 Å². The molecule has 3 rings (SSSR count). The quantitative estimate of drug-likeness (QED) is 0.748. The van der Waals surface area contributed by atoms with E-state index < -0.39 is 0 Å². The lowest BCUT2D eigenvalue weighted by Gasteiger charge is -2.14. The summed E-state index contributed by atoms with van der Waals surface area (Å²) in [5.41, 5.74) is 1.68. The van der Waals surface area contributed by atoms with Gasteiger partial charge in [-0.05, 0) is 42.9 Å². The van der Waals surface area contributed by atoms with Gasteiger partial charge in [0.25, 0.3) is 0 Å². The monoisotopic (exact) mass is 320 g/mol. The molecule has 0 radical (unpaired) electrons. The highest BCUT2D eigenvalue weighted by molar-refractivity contribution is 6.31. The van der Waals surface area contributed by atoms with Crippen LogP contribution in [-0.2, 0) is 0 Å². The average Bonchev–Trinajstić information content (AvgIpc) is 2.88. The van der Waals surface area contributed by atoms with Gasteiger partial charge in [0, 0.05) is 16.6 Å². The van der Waals surface area contributed by atoms with Crippen molar-refractivity contribution in [3.63, 3.8) is 0 Å². The number of hydrogen-bond donors (Lipinski definition) is 1. The van der Waals surface area contributed by atoms with Crippen LogP contribution in [0.4, 0.5) is 0 Å². The van der Waals surface area contributed by atoms with Crippen LogP contribution in [0.5, 0.6) is 0 Å². The third kappa shape index (κ3) is 3.05. The molecule has 1 N–H and O–H groups in total. The van der Waals surface area contributed by atoms with Gasteiger partial charge < -0.3 is 9.73 Å². The molecule has 0 aliphatic carbocycles. The fourth-order valence-electron chi connectivity index (χ4n) is 2.29. The highest BCUT2D eigenvalue weighted by Crippen LogP contribution is 2.29. The largest absolute Gasteiger partial charge is 0.459 e. The first kappa shape index (κ1) is 14.4. The maximum atomic E-state index is 6.02. The second-order valence-electron chi connectivity index (χ2n) is 4.72. The normalized spacial score (nSPS) is 12.7. The lowest BCUT2D eigenvalue weighted by molar-refractivity contribution is 0.471. The Balaban J connectivity index is 2.04. The summed E-state index contributed by atoms with van der Waals surface area (Å²) in [6.45, 7) is 2.84. The van der Waals surface area contributed by atoms with Crippen molar-refractivity contribution in [1.82, 2.24) is 10.3 Å². The first-order valence-electron chi connectivity index (χ1n) is 6.71. The third-order valence-electron chi connectivity index (χ3n) is 3.24. The van der Waals surface area contributed by atoms with E-state index in [2.05, 4.69) is 10.3 Å². The minimum atomic E-state index is -0.113. The molecule has 0 bridgehead atoms. The number of aromatic nitrogens is 1. The zero-order valence-corrected chi connectivity index (χ0v) is 12.9. The van der Waals surface area contributed by atoms with Crippen LogP contribution in [-0.4, -0.2) is 11.5 Å². The number of fused-ring (bicyclic) bond motifs is 1. The maximum Gasteiger partial charge on any atom is 0.134 e. The van der Waals surface area contributed by atoms with E-state index in [1.165, 1.54) is 0 Å². The summed E-state index contributed by atoms with van der Waals surface area (Å²) in [5, 5.41) is 5.67. The highest BCUT2D eigenvalue weighted by atomic mass is 35.5. The van der Waals surface area contributed by atoms with E-state index in [0.717, 1.165) is 29.0 Å². The maximum absolute atomic E-state index is 6.02. The summed E-state index contributed by atoms with van der Waals surface area (Å²) in [5.74, 6) is 0.809. The van der Waals surface area contributed by atoms with E-state index in [1.54, 1.807) is 6.20 Å². The second-order valence-corrected chi connectivity index (χ2v) is 5.60. The van der Waals surface area contributed by atoms with Crippen molar-refractivity contribution >= 4 is 34.2 Å². The lowest BCUT2D eigenvalue weighted by atomic mass is 10.1. The smallest absolute Gasteiger partial charge is 0.134 e. The van der Waals surface area contributed by atoms with E-state index >= 15 is 0 Å². The number of rotatable bonds is 4. The van der Waals surface area contributed by atoms with Gasteiger partial charge in [0.15, 0.2) is 0 Å². The summed E-state index contributed by atoms with van der Waals surface area (Å²) in [7, 11) is 0. The SMILES string of the molecule is CCNC(c1ccc(Cl)cn1)c1cc2cc(Cl)ccc2o1. The Kier molecular flexibility index (Phi) is 4.15. The van der Waals surface area contributed by atoms with Gasteiger partial charge in [-0.25, -0.2) is 0 Å². The van der Waals surface area contributed by atoms with E-state index in [-0.39, 0.29) is 6.04 Å². The van der Waals surface area contributed by atoms with E-state index in [4.69, 9.17) is 27.6 Å². The molecule has 108 valence electrons. The molecule has 0 saturated carbocycles. The molecule has 5 heteroatoms. The molecule has 0 fully saturated rings. The Bertz CT molecular complexity index is 753. The lowest BCUT2D eigenvalue weighted by Crippen LogP contribution is -2.22. The van der Waals surface area contributed by atoms with E-state index in [0.29, 0.717) is 10.0 Å². The van der Waals surface area contributed by atoms with Crippen LogP contribution in [0.1, 0.15) is 24.4 Å². The van der Waals surface area contributed by atoms with Crippen molar-refractivity contribution in [3.8, 4) is 0 Å². The number of hydrogen-bond acceptors (Lipinski definition) is 3. The van der Waals surface area contributed by atoms with Crippen LogP contribution < -0.4 is 5.32 Å². The van der Waals surface area contributed by atoms with Gasteiger partial charge in [-0.1, -0.05) is 30.1 Å². The first-order chi connectivity index (χ1) is 10.2. The van der Waals surface area contributed by atoms with Gasteiger partial charge >= 0.3 is 0 Å². The van der Waals surface area contributed by atoms with Crippen molar-refractivity contribution < 1.29 is 4.42 Å². The molecule has 0 spiro atoms. The molecular formula is C16H14Cl2N2O. The number of furan rings is 1. The summed E-state index contributed by atoms with van der Waals surface area (Å²) >= 11 is 11.9. The molecular weight excluding hydrogens is 307 g/mol. The molecule has 0 saturated heterocycles. The zero-order valence-electron chi connectivity index (χ0n) is 11.4. The minimum absolute atomic E-state index is 0.113. The fourth-order valence-corrected chi connectivity index (χ4v) is 2.58. The van der Waals surface area contributed by atoms with Gasteiger partial charge in [0.2, 0.25) is 0 Å². The van der Waals surface area contributed by atoms with Crippen LogP contribution in [0.2, 0.25) is 10.0 Å². The third-order valence-corrected chi connectivity index (χ3v) is 3.69. The Morgan fingerprint density at radius 2 is 1.95 bits per heavy atom. The Hall–Kier alpha value is -1.55. The topological polar surface area (TPSA) is 38.1 Å². The van der Waals surface area contributed by atoms with Crippen LogP contribution in [0.3, 0.4) is 0 Å². The van der Waals surface area contributed by atoms with Gasteiger partial charge in [-0.3, -0.25) is 4.98 Å². The Labute approximate surface area is 132 Å². The van der Waals surface area contributed by atoms with Crippen LogP contribution in [0.25, 0.3) is 11.0 Å². The molecule has 3 aromatic rings. The van der Waals surface area contributed by atoms with E-state index in [1.807, 2.05) is 43.3 Å². The molecule has 0 aliphatic rings. The molecule has 21 heavy (non-hydrogen) atoms. The van der Waals surface area contributed by atoms with E-state index in [9.17, 15) is 0 Å². The molecule has 1 aromatic carbocycles. The number of halogens is 2. The first-order valence-corrected chi connectivity index (χ1v) is 7.47. The molecule has 0 amide bonds. The number of benzene rings is 1. The molecule has 2 aromatic heterocycles. The van der Waals surface area contributed by atoms with Crippen LogP contribution in [0.15, 0.2) is 47.0 Å². The minimum Gasteiger partial charge on any atom is -0.459 e. The van der Waals surface area contributed by atoms with Crippen molar-refractivity contribution in [1.29, 1.82) is 0 Å². The van der Waals surface area contributed by atoms with Crippen molar-refractivity contribution in [2.24, 2.45) is 0 Å². The molecule has 1 atom stereocenters. The standard InChI is InChI=1S/C16H14Cl2N2O/c1-2-19-16(13-5-3-12(18)9-20-13)15-8-10-7-11(17)4-6-14(10)21-15/h3-9,16,19H,2H2,1H3. The summed E-state index contributed by atoms with van der Waals surface area (Å²) in [4.78, 5) is 4.38. The summed E-state index contributed by atoms with van der Waals surface area (Å²) < 4.78 is 5.93. The molecule has 3 nitrogen and oxygen atoms in total. The van der Waals surface area contributed by atoms with Crippen molar-refractivity contribution in [3.05, 3.63) is 64.1 Å². The Morgan fingerprint density at radius 3 is 2.67 bits per heavy atom. The predicted octanol–water partition coefficient (Wildman–Crippen LogP) is 4.83. The van der Waals surface area contributed by atoms with Crippen LogP contribution in [0, 0.1) is 0 Å². The fraction of sp³-hybridized carbons (Fsp3) is 0.188. The number of pyridine rings is 1. The van der Waals surface area contributed by atoms with Crippen LogP contribution >= 0.6 is 23.2 Å². The second kappa shape index (κ2) is 6.06. The highest BCUT2D eigenvalue weighted by Gasteiger charge is 2.19. The van der Waals surface area contributed by atoms with Crippen molar-refractivity contribution in [2.75, 3.05) is 6.54 Å².